The van der Waals surface area contributed by atoms with Gasteiger partial charge >= 0.3 is 11.9 Å². The smallest absolute Gasteiger partial charge is 0.338 e. The molecule has 0 atom stereocenters. The quantitative estimate of drug-likeness (QED) is 0.253. The predicted octanol–water partition coefficient (Wildman–Crippen LogP) is 2.55. The second-order valence-electron chi connectivity index (χ2n) is 6.24. The van der Waals surface area contributed by atoms with Gasteiger partial charge in [-0.2, -0.15) is 0 Å². The average Bonchev–Trinajstić information content (AvgIpc) is 3.20. The van der Waals surface area contributed by atoms with Gasteiger partial charge in [0.25, 0.3) is 5.69 Å². The number of nitro groups is 1. The van der Waals surface area contributed by atoms with Crippen molar-refractivity contribution in [2.75, 3.05) is 19.8 Å². The SMILES string of the molecule is CCOC(=O)c1cc(C(=O)OCC(=O)c2ccc(CCNC(C)=O)s2)cc([N+](=O)[O-])c1. The summed E-state index contributed by atoms with van der Waals surface area (Å²) in [4.78, 5) is 59.0. The average molecular weight is 448 g/mol. The monoisotopic (exact) mass is 448 g/mol. The zero-order chi connectivity index (χ0) is 23.0. The number of Topliss-reactive ketones (excluding diaryl/α,β-unsaturated/α-hetero) is 1. The molecular formula is C20H20N2O8S. The number of esters is 2. The second kappa shape index (κ2) is 11.0. The molecule has 1 aromatic heterocycles. The van der Waals surface area contributed by atoms with Gasteiger partial charge in [0.05, 0.1) is 27.5 Å². The molecule has 0 bridgehead atoms. The van der Waals surface area contributed by atoms with Crippen molar-refractivity contribution in [1.29, 1.82) is 0 Å². The Bertz CT molecular complexity index is 1010. The van der Waals surface area contributed by atoms with Gasteiger partial charge in [-0.05, 0) is 31.5 Å². The molecular weight excluding hydrogens is 428 g/mol. The summed E-state index contributed by atoms with van der Waals surface area (Å²) in [5.74, 6) is -2.39. The van der Waals surface area contributed by atoms with Crippen molar-refractivity contribution in [3.63, 3.8) is 0 Å². The van der Waals surface area contributed by atoms with Crippen LogP contribution in [-0.4, -0.2) is 48.3 Å². The first-order valence-corrected chi connectivity index (χ1v) is 10.0. The van der Waals surface area contributed by atoms with E-state index in [1.165, 1.54) is 18.3 Å². The highest BCUT2D eigenvalue weighted by Gasteiger charge is 2.20. The van der Waals surface area contributed by atoms with Crippen molar-refractivity contribution in [3.8, 4) is 0 Å². The highest BCUT2D eigenvalue weighted by Crippen LogP contribution is 2.20. The van der Waals surface area contributed by atoms with Crippen LogP contribution < -0.4 is 5.32 Å². The molecule has 0 aliphatic heterocycles. The topological polar surface area (TPSA) is 142 Å². The summed E-state index contributed by atoms with van der Waals surface area (Å²) in [5.41, 5.74) is -0.894. The fourth-order valence-corrected chi connectivity index (χ4v) is 3.41. The van der Waals surface area contributed by atoms with Crippen molar-refractivity contribution in [3.05, 3.63) is 61.3 Å². The minimum atomic E-state index is -0.981. The number of ether oxygens (including phenoxy) is 2. The standard InChI is InChI=1S/C20H20N2O8S/c1-3-29-19(25)13-8-14(10-15(9-13)22(27)28)20(26)30-11-17(24)18-5-4-16(31-18)6-7-21-12(2)23/h4-5,8-10H,3,6-7,11H2,1-2H3,(H,21,23). The van der Waals surface area contributed by atoms with Crippen LogP contribution in [0, 0.1) is 10.1 Å². The first-order chi connectivity index (χ1) is 14.7. The van der Waals surface area contributed by atoms with E-state index in [0.717, 1.165) is 23.1 Å². The lowest BCUT2D eigenvalue weighted by Gasteiger charge is -2.06. The van der Waals surface area contributed by atoms with Crippen LogP contribution in [0.4, 0.5) is 5.69 Å². The number of thiophene rings is 1. The lowest BCUT2D eigenvalue weighted by Crippen LogP contribution is -2.22. The number of non-ortho nitro benzene ring substituents is 1. The molecule has 10 nitrogen and oxygen atoms in total. The van der Waals surface area contributed by atoms with Crippen LogP contribution in [0.2, 0.25) is 0 Å². The van der Waals surface area contributed by atoms with Gasteiger partial charge in [-0.1, -0.05) is 0 Å². The van der Waals surface area contributed by atoms with Gasteiger partial charge in [-0.3, -0.25) is 19.7 Å². The molecule has 1 heterocycles. The highest BCUT2D eigenvalue weighted by atomic mass is 32.1. The highest BCUT2D eigenvalue weighted by molar-refractivity contribution is 7.14. The first kappa shape index (κ1) is 23.7. The number of amides is 1. The second-order valence-corrected chi connectivity index (χ2v) is 7.41. The maximum absolute atomic E-state index is 12.3. The molecule has 2 aromatic rings. The molecule has 0 radical (unpaired) electrons. The van der Waals surface area contributed by atoms with E-state index < -0.39 is 34.9 Å². The van der Waals surface area contributed by atoms with Crippen molar-refractivity contribution in [1.82, 2.24) is 5.32 Å². The summed E-state index contributed by atoms with van der Waals surface area (Å²) in [6.45, 7) is 2.92. The van der Waals surface area contributed by atoms with E-state index in [-0.39, 0.29) is 23.6 Å². The minimum absolute atomic E-state index is 0.0590. The molecule has 0 saturated heterocycles. The molecule has 0 fully saturated rings. The van der Waals surface area contributed by atoms with Crippen molar-refractivity contribution in [2.24, 2.45) is 0 Å². The molecule has 0 saturated carbocycles. The van der Waals surface area contributed by atoms with E-state index in [4.69, 9.17) is 9.47 Å². The van der Waals surface area contributed by atoms with E-state index in [1.807, 2.05) is 0 Å². The Hall–Kier alpha value is -3.60. The van der Waals surface area contributed by atoms with Gasteiger partial charge in [0.15, 0.2) is 6.61 Å². The van der Waals surface area contributed by atoms with Crippen molar-refractivity contribution in [2.45, 2.75) is 20.3 Å². The maximum atomic E-state index is 12.3. The van der Waals surface area contributed by atoms with Gasteiger partial charge in [-0.15, -0.1) is 11.3 Å². The third-order valence-corrected chi connectivity index (χ3v) is 5.08. The van der Waals surface area contributed by atoms with Gasteiger partial charge in [0, 0.05) is 30.5 Å². The molecule has 0 aliphatic carbocycles. The number of nitro benzene ring substituents is 1. The summed E-state index contributed by atoms with van der Waals surface area (Å²) in [6.07, 6.45) is 0.557. The predicted molar refractivity (Wildman–Crippen MR) is 110 cm³/mol. The van der Waals surface area contributed by atoms with Crippen LogP contribution >= 0.6 is 11.3 Å². The number of carbonyl (C=O) groups is 4. The zero-order valence-corrected chi connectivity index (χ0v) is 17.7. The van der Waals surface area contributed by atoms with Crippen LogP contribution in [0.25, 0.3) is 0 Å². The van der Waals surface area contributed by atoms with E-state index >= 15 is 0 Å². The van der Waals surface area contributed by atoms with Gasteiger partial charge < -0.3 is 14.8 Å². The number of hydrogen-bond donors (Lipinski definition) is 1. The number of benzene rings is 1. The molecule has 0 aliphatic rings. The first-order valence-electron chi connectivity index (χ1n) is 9.21. The Morgan fingerprint density at radius 2 is 1.71 bits per heavy atom. The largest absolute Gasteiger partial charge is 0.462 e. The molecule has 0 spiro atoms. The molecule has 2 rings (SSSR count). The Balaban J connectivity index is 2.04. The maximum Gasteiger partial charge on any atom is 0.338 e. The van der Waals surface area contributed by atoms with Crippen LogP contribution in [0.5, 0.6) is 0 Å². The van der Waals surface area contributed by atoms with E-state index in [9.17, 15) is 29.3 Å². The van der Waals surface area contributed by atoms with E-state index in [1.54, 1.807) is 19.1 Å². The summed E-state index contributed by atoms with van der Waals surface area (Å²) in [5, 5.41) is 13.8. The van der Waals surface area contributed by atoms with E-state index in [0.29, 0.717) is 17.8 Å². The van der Waals surface area contributed by atoms with Crippen molar-refractivity contribution < 1.29 is 33.6 Å². The van der Waals surface area contributed by atoms with Crippen LogP contribution in [0.15, 0.2) is 30.3 Å². The summed E-state index contributed by atoms with van der Waals surface area (Å²) in [7, 11) is 0. The molecule has 164 valence electrons. The lowest BCUT2D eigenvalue weighted by molar-refractivity contribution is -0.384. The van der Waals surface area contributed by atoms with Crippen molar-refractivity contribution >= 4 is 40.7 Å². The van der Waals surface area contributed by atoms with Gasteiger partial charge in [0.2, 0.25) is 11.7 Å². The molecule has 1 amide bonds. The third-order valence-electron chi connectivity index (χ3n) is 3.89. The fourth-order valence-electron chi connectivity index (χ4n) is 2.48. The lowest BCUT2D eigenvalue weighted by atomic mass is 10.1. The normalized spacial score (nSPS) is 10.3. The Morgan fingerprint density at radius 1 is 1.06 bits per heavy atom. The number of rotatable bonds is 10. The molecule has 1 aromatic carbocycles. The van der Waals surface area contributed by atoms with Gasteiger partial charge in [-0.25, -0.2) is 9.59 Å². The number of carbonyl (C=O) groups excluding carboxylic acids is 4. The Kier molecular flexibility index (Phi) is 8.38. The van der Waals surface area contributed by atoms with E-state index in [2.05, 4.69) is 5.32 Å². The third kappa shape index (κ3) is 7.00. The number of nitrogens with one attached hydrogen (secondary N) is 1. The summed E-state index contributed by atoms with van der Waals surface area (Å²) in [6, 6.07) is 6.40. The zero-order valence-electron chi connectivity index (χ0n) is 16.8. The number of nitrogens with zero attached hydrogens (tertiary/aromatic N) is 1. The molecule has 0 unspecified atom stereocenters. The summed E-state index contributed by atoms with van der Waals surface area (Å²) < 4.78 is 9.79. The number of hydrogen-bond acceptors (Lipinski definition) is 9. The van der Waals surface area contributed by atoms with Crippen LogP contribution in [-0.2, 0) is 20.7 Å². The summed E-state index contributed by atoms with van der Waals surface area (Å²) >= 11 is 1.22. The molecule has 1 N–H and O–H groups in total. The fraction of sp³-hybridized carbons (Fsp3) is 0.300. The molecule has 31 heavy (non-hydrogen) atoms. The Morgan fingerprint density at radius 3 is 2.29 bits per heavy atom. The van der Waals surface area contributed by atoms with Crippen LogP contribution in [0.3, 0.4) is 0 Å². The number of ketones is 1. The molecule has 11 heteroatoms. The minimum Gasteiger partial charge on any atom is -0.462 e. The Labute approximate surface area is 181 Å². The van der Waals surface area contributed by atoms with Crippen LogP contribution in [0.1, 0.15) is 49.1 Å². The van der Waals surface area contributed by atoms with Gasteiger partial charge in [0.1, 0.15) is 0 Å².